The van der Waals surface area contributed by atoms with Crippen LogP contribution in [0.5, 0.6) is 0 Å². The molecule has 0 bridgehead atoms. The summed E-state index contributed by atoms with van der Waals surface area (Å²) in [6.07, 6.45) is 0.765. The van der Waals surface area contributed by atoms with Crippen molar-refractivity contribution >= 4 is 38.3 Å². The van der Waals surface area contributed by atoms with E-state index in [9.17, 15) is 10.0 Å². The zero-order valence-electron chi connectivity index (χ0n) is 17.9. The maximum absolute atomic E-state index is 13.2. The smallest absolute Gasteiger partial charge is 0.339 e. The second-order valence-electron chi connectivity index (χ2n) is 9.82. The fourth-order valence-electron chi connectivity index (χ4n) is 5.38. The molecule has 0 amide bonds. The molecule has 0 spiro atoms. The molecule has 154 valence electrons. The fourth-order valence-corrected chi connectivity index (χ4v) is 5.38. The molecule has 1 aliphatic heterocycles. The number of carbonyl (C=O) groups is 1. The Labute approximate surface area is 176 Å². The van der Waals surface area contributed by atoms with Crippen molar-refractivity contribution in [2.24, 2.45) is 0 Å². The van der Waals surface area contributed by atoms with Crippen molar-refractivity contribution in [2.45, 2.75) is 57.7 Å². The molecule has 0 aromatic heterocycles. The Balaban J connectivity index is 1.56. The fraction of sp³-hybridized carbons (Fsp3) is 0.346. The molecule has 4 aromatic rings. The highest BCUT2D eigenvalue weighted by Gasteiger charge is 2.41. The Morgan fingerprint density at radius 2 is 1.40 bits per heavy atom. The summed E-state index contributed by atoms with van der Waals surface area (Å²) in [6, 6.07) is 18.5. The first kappa shape index (κ1) is 19.3. The van der Waals surface area contributed by atoms with Crippen molar-refractivity contribution in [2.75, 3.05) is 0 Å². The van der Waals surface area contributed by atoms with Crippen LogP contribution in [0.1, 0.15) is 50.9 Å². The molecule has 0 aliphatic carbocycles. The van der Waals surface area contributed by atoms with E-state index in [-0.39, 0.29) is 12.1 Å². The van der Waals surface area contributed by atoms with Crippen molar-refractivity contribution in [1.29, 1.82) is 0 Å². The lowest BCUT2D eigenvalue weighted by atomic mass is 9.80. The molecule has 4 heteroatoms. The Morgan fingerprint density at radius 1 is 0.867 bits per heavy atom. The number of hydrogen-bond acceptors (Lipinski definition) is 4. The lowest BCUT2D eigenvalue weighted by molar-refractivity contribution is -0.0616. The van der Waals surface area contributed by atoms with Crippen molar-refractivity contribution < 1.29 is 9.53 Å². The molecule has 1 fully saturated rings. The van der Waals surface area contributed by atoms with Gasteiger partial charge in [-0.05, 0) is 66.1 Å². The topological polar surface area (TPSA) is 52.6 Å². The SMILES string of the molecule is CC1(C)CC(OC(=O)c2ccc3ccc4cccc5ccc2c3c45)CC(C)(C)N1[O-]. The molecular weight excluding hydrogens is 374 g/mol. The highest BCUT2D eigenvalue weighted by Crippen LogP contribution is 2.40. The number of benzene rings is 4. The molecule has 4 nitrogen and oxygen atoms in total. The second-order valence-corrected chi connectivity index (χ2v) is 9.82. The van der Waals surface area contributed by atoms with Gasteiger partial charge in [0.1, 0.15) is 6.10 Å². The minimum absolute atomic E-state index is 0.286. The summed E-state index contributed by atoms with van der Waals surface area (Å²) in [5.74, 6) is -0.316. The van der Waals surface area contributed by atoms with Gasteiger partial charge >= 0.3 is 5.97 Å². The maximum Gasteiger partial charge on any atom is 0.339 e. The number of esters is 1. The summed E-state index contributed by atoms with van der Waals surface area (Å²) in [4.78, 5) is 13.2. The number of hydroxylamine groups is 2. The third-order valence-electron chi connectivity index (χ3n) is 6.58. The molecule has 1 heterocycles. The molecule has 1 aliphatic rings. The van der Waals surface area contributed by atoms with E-state index in [1.807, 2.05) is 45.9 Å². The van der Waals surface area contributed by atoms with Crippen LogP contribution in [-0.2, 0) is 4.74 Å². The number of ether oxygens (including phenoxy) is 1. The van der Waals surface area contributed by atoms with Crippen molar-refractivity contribution in [3.8, 4) is 0 Å². The molecule has 1 saturated heterocycles. The van der Waals surface area contributed by atoms with Crippen molar-refractivity contribution in [3.05, 3.63) is 65.4 Å². The van der Waals surface area contributed by atoms with Gasteiger partial charge in [0.2, 0.25) is 0 Å². The zero-order valence-corrected chi connectivity index (χ0v) is 17.9. The van der Waals surface area contributed by atoms with Gasteiger partial charge in [0, 0.05) is 23.9 Å². The third-order valence-corrected chi connectivity index (χ3v) is 6.58. The summed E-state index contributed by atoms with van der Waals surface area (Å²) >= 11 is 0. The van der Waals surface area contributed by atoms with Crippen LogP contribution in [0, 0.1) is 5.21 Å². The van der Waals surface area contributed by atoms with Crippen molar-refractivity contribution in [1.82, 2.24) is 5.06 Å². The standard InChI is InChI=1S/C26H26NO3/c1-25(2)14-19(15-26(3,4)27(25)29)30-24(28)21-13-11-18-9-8-16-6-5-7-17-10-12-20(21)23(18)22(16)17/h5-13,19H,14-15H2,1-4H3/q-1. The average molecular weight is 400 g/mol. The second kappa shape index (κ2) is 6.40. The van der Waals surface area contributed by atoms with Crippen LogP contribution in [0.15, 0.2) is 54.6 Å². The predicted octanol–water partition coefficient (Wildman–Crippen LogP) is 6.26. The molecule has 0 atom stereocenters. The van der Waals surface area contributed by atoms with Crippen LogP contribution in [-0.4, -0.2) is 28.2 Å². The van der Waals surface area contributed by atoms with E-state index in [0.717, 1.165) is 21.2 Å². The molecule has 0 saturated carbocycles. The summed E-state index contributed by atoms with van der Waals surface area (Å²) in [5.41, 5.74) is -0.564. The van der Waals surface area contributed by atoms with E-state index < -0.39 is 11.1 Å². The molecule has 4 aromatic carbocycles. The van der Waals surface area contributed by atoms with Gasteiger partial charge in [-0.3, -0.25) is 0 Å². The Bertz CT molecular complexity index is 1240. The van der Waals surface area contributed by atoms with Crippen LogP contribution in [0.4, 0.5) is 0 Å². The summed E-state index contributed by atoms with van der Waals surface area (Å²) < 4.78 is 5.98. The van der Waals surface area contributed by atoms with Crippen LogP contribution < -0.4 is 0 Å². The van der Waals surface area contributed by atoms with Gasteiger partial charge in [-0.2, -0.15) is 0 Å². The van der Waals surface area contributed by atoms with E-state index in [1.165, 1.54) is 16.2 Å². The highest BCUT2D eigenvalue weighted by molar-refractivity contribution is 6.25. The van der Waals surface area contributed by atoms with Crippen LogP contribution in [0.2, 0.25) is 0 Å². The van der Waals surface area contributed by atoms with Gasteiger partial charge in [0.25, 0.3) is 0 Å². The molecular formula is C26H26NO3-. The number of hydrogen-bond donors (Lipinski definition) is 0. The zero-order chi connectivity index (χ0) is 21.3. The normalized spacial score (nSPS) is 19.6. The van der Waals surface area contributed by atoms with Crippen LogP contribution in [0.25, 0.3) is 32.3 Å². The average Bonchev–Trinajstić information content (AvgIpc) is 2.69. The van der Waals surface area contributed by atoms with Crippen LogP contribution >= 0.6 is 0 Å². The minimum atomic E-state index is -0.574. The van der Waals surface area contributed by atoms with Gasteiger partial charge in [-0.25, -0.2) is 4.79 Å². The minimum Gasteiger partial charge on any atom is -0.784 e. The largest absolute Gasteiger partial charge is 0.784 e. The van der Waals surface area contributed by atoms with Crippen LogP contribution in [0.3, 0.4) is 0 Å². The Morgan fingerprint density at radius 3 is 2.03 bits per heavy atom. The van der Waals surface area contributed by atoms with E-state index >= 15 is 0 Å². The first-order valence-corrected chi connectivity index (χ1v) is 10.5. The van der Waals surface area contributed by atoms with Gasteiger partial charge in [-0.1, -0.05) is 48.5 Å². The molecule has 0 radical (unpaired) electrons. The van der Waals surface area contributed by atoms with E-state index in [2.05, 4.69) is 36.4 Å². The number of piperidine rings is 1. The van der Waals surface area contributed by atoms with E-state index in [4.69, 9.17) is 4.74 Å². The monoisotopic (exact) mass is 400 g/mol. The Kier molecular flexibility index (Phi) is 4.12. The van der Waals surface area contributed by atoms with Gasteiger partial charge in [0.15, 0.2) is 0 Å². The van der Waals surface area contributed by atoms with E-state index in [0.29, 0.717) is 18.4 Å². The first-order valence-electron chi connectivity index (χ1n) is 10.5. The number of nitrogens with zero attached hydrogens (tertiary/aromatic N) is 1. The summed E-state index contributed by atoms with van der Waals surface area (Å²) in [5, 5.41) is 20.4. The first-order chi connectivity index (χ1) is 14.2. The van der Waals surface area contributed by atoms with E-state index in [1.54, 1.807) is 0 Å². The molecule has 5 rings (SSSR count). The van der Waals surface area contributed by atoms with Gasteiger partial charge in [0.05, 0.1) is 5.56 Å². The maximum atomic E-state index is 13.2. The number of rotatable bonds is 2. The Hall–Kier alpha value is -2.69. The van der Waals surface area contributed by atoms with Gasteiger partial charge < -0.3 is 15.0 Å². The number of carbonyl (C=O) groups excluding carboxylic acids is 1. The lowest BCUT2D eigenvalue weighted by Crippen LogP contribution is -2.59. The molecule has 30 heavy (non-hydrogen) atoms. The summed E-state index contributed by atoms with van der Waals surface area (Å²) in [7, 11) is 0. The predicted molar refractivity (Wildman–Crippen MR) is 122 cm³/mol. The van der Waals surface area contributed by atoms with Crippen molar-refractivity contribution in [3.63, 3.8) is 0 Å². The molecule has 0 N–H and O–H groups in total. The third kappa shape index (κ3) is 2.86. The quantitative estimate of drug-likeness (QED) is 0.294. The molecule has 0 unspecified atom stereocenters. The highest BCUT2D eigenvalue weighted by atomic mass is 16.5. The summed E-state index contributed by atoms with van der Waals surface area (Å²) in [6.45, 7) is 7.66. The van der Waals surface area contributed by atoms with Gasteiger partial charge in [-0.15, -0.1) is 0 Å². The lowest BCUT2D eigenvalue weighted by Gasteiger charge is -2.59.